The molecule has 1 aromatic carbocycles. The summed E-state index contributed by atoms with van der Waals surface area (Å²) < 4.78 is 14.2. The Balaban J connectivity index is 2.41. The van der Waals surface area contributed by atoms with Crippen LogP contribution in [0, 0.1) is 12.7 Å². The molecule has 1 heterocycles. The van der Waals surface area contributed by atoms with Gasteiger partial charge in [-0.15, -0.1) is 0 Å². The van der Waals surface area contributed by atoms with Gasteiger partial charge in [0.15, 0.2) is 0 Å². The first-order chi connectivity index (χ1) is 9.34. The summed E-state index contributed by atoms with van der Waals surface area (Å²) in [5, 5.41) is 3.23. The number of aryl methyl sites for hydroxylation is 1. The third-order valence-electron chi connectivity index (χ3n) is 3.97. The third-order valence-corrected chi connectivity index (χ3v) is 5.27. The van der Waals surface area contributed by atoms with Crippen molar-refractivity contribution in [3.63, 3.8) is 0 Å². The number of anilines is 1. The first-order valence-corrected chi connectivity index (χ1v) is 8.19. The number of thioether (sulfide) groups is 1. The van der Waals surface area contributed by atoms with Crippen molar-refractivity contribution in [2.24, 2.45) is 0 Å². The van der Waals surface area contributed by atoms with Gasteiger partial charge in [0.25, 0.3) is 0 Å². The van der Waals surface area contributed by atoms with Crippen LogP contribution in [0.15, 0.2) is 12.1 Å². The van der Waals surface area contributed by atoms with Gasteiger partial charge in [-0.05, 0) is 58.0 Å². The van der Waals surface area contributed by atoms with Gasteiger partial charge in [0.05, 0.1) is 0 Å². The van der Waals surface area contributed by atoms with Gasteiger partial charge in [-0.1, -0.05) is 0 Å². The summed E-state index contributed by atoms with van der Waals surface area (Å²) in [6.07, 6.45) is 0. The van der Waals surface area contributed by atoms with Gasteiger partial charge in [-0.3, -0.25) is 0 Å². The number of rotatable bonds is 3. The minimum atomic E-state index is -0.114. The van der Waals surface area contributed by atoms with Gasteiger partial charge < -0.3 is 10.2 Å². The molecular formula is C16H25FN2S. The number of hydrogen-bond donors (Lipinski definition) is 1. The van der Waals surface area contributed by atoms with E-state index in [0.29, 0.717) is 0 Å². The van der Waals surface area contributed by atoms with Crippen LogP contribution in [0.5, 0.6) is 0 Å². The Bertz CT molecular complexity index is 488. The van der Waals surface area contributed by atoms with Crippen molar-refractivity contribution >= 4 is 17.4 Å². The molecule has 2 rings (SSSR count). The lowest BCUT2D eigenvalue weighted by molar-refractivity contribution is 0.594. The molecule has 1 unspecified atom stereocenters. The van der Waals surface area contributed by atoms with E-state index in [2.05, 4.69) is 31.0 Å². The molecule has 0 aromatic heterocycles. The maximum Gasteiger partial charge on any atom is 0.126 e. The molecule has 2 nitrogen and oxygen atoms in total. The zero-order chi connectivity index (χ0) is 14.9. The Hall–Kier alpha value is -0.740. The van der Waals surface area contributed by atoms with E-state index in [-0.39, 0.29) is 16.6 Å². The number of nitrogens with one attached hydrogen (secondary N) is 1. The molecule has 0 saturated carbocycles. The number of hydrogen-bond acceptors (Lipinski definition) is 3. The van der Waals surface area contributed by atoms with Crippen LogP contribution < -0.4 is 10.2 Å². The highest BCUT2D eigenvalue weighted by atomic mass is 32.2. The fourth-order valence-corrected chi connectivity index (χ4v) is 3.79. The highest BCUT2D eigenvalue weighted by molar-refractivity contribution is 8.00. The molecular weight excluding hydrogens is 271 g/mol. The van der Waals surface area contributed by atoms with Crippen molar-refractivity contribution in [2.75, 3.05) is 30.8 Å². The zero-order valence-corrected chi connectivity index (χ0v) is 13.9. The van der Waals surface area contributed by atoms with Crippen LogP contribution in [-0.2, 0) is 0 Å². The summed E-state index contributed by atoms with van der Waals surface area (Å²) in [4.78, 5) is 2.41. The van der Waals surface area contributed by atoms with Crippen molar-refractivity contribution in [3.05, 3.63) is 29.1 Å². The standard InChI is InChI=1S/C16H25FN2S/c1-11-8-15(13(9-14(11)17)12(2)18-5)19-6-7-20-16(3,4)10-19/h8-9,12,18H,6-7,10H2,1-5H3. The van der Waals surface area contributed by atoms with Crippen LogP contribution in [-0.4, -0.2) is 30.6 Å². The van der Waals surface area contributed by atoms with Crippen molar-refractivity contribution in [1.82, 2.24) is 5.32 Å². The average Bonchev–Trinajstić information content (AvgIpc) is 2.39. The van der Waals surface area contributed by atoms with Gasteiger partial charge >= 0.3 is 0 Å². The Morgan fingerprint density at radius 2 is 2.10 bits per heavy atom. The van der Waals surface area contributed by atoms with E-state index in [4.69, 9.17) is 0 Å². The molecule has 1 atom stereocenters. The first kappa shape index (κ1) is 15.6. The van der Waals surface area contributed by atoms with Crippen molar-refractivity contribution in [2.45, 2.75) is 38.5 Å². The quantitative estimate of drug-likeness (QED) is 0.914. The highest BCUT2D eigenvalue weighted by Gasteiger charge is 2.29. The lowest BCUT2D eigenvalue weighted by Crippen LogP contribution is -2.43. The molecule has 0 bridgehead atoms. The zero-order valence-electron chi connectivity index (χ0n) is 13.1. The van der Waals surface area contributed by atoms with Gasteiger partial charge in [0, 0.05) is 35.3 Å². The molecule has 0 radical (unpaired) electrons. The lowest BCUT2D eigenvalue weighted by atomic mass is 10.0. The summed E-state index contributed by atoms with van der Waals surface area (Å²) in [5.74, 6) is 1.01. The molecule has 1 aromatic rings. The molecule has 20 heavy (non-hydrogen) atoms. The van der Waals surface area contributed by atoms with Gasteiger partial charge in [0.1, 0.15) is 5.82 Å². The molecule has 0 amide bonds. The molecule has 4 heteroatoms. The molecule has 1 N–H and O–H groups in total. The van der Waals surface area contributed by atoms with E-state index < -0.39 is 0 Å². The van der Waals surface area contributed by atoms with Crippen LogP contribution in [0.2, 0.25) is 0 Å². The maximum absolute atomic E-state index is 13.9. The topological polar surface area (TPSA) is 15.3 Å². The third kappa shape index (κ3) is 3.29. The second kappa shape index (κ2) is 5.94. The predicted octanol–water partition coefficient (Wildman–Crippen LogP) is 3.75. The normalized spacial score (nSPS) is 20.0. The molecule has 112 valence electrons. The number of benzene rings is 1. The first-order valence-electron chi connectivity index (χ1n) is 7.20. The van der Waals surface area contributed by atoms with E-state index in [9.17, 15) is 4.39 Å². The molecule has 0 aliphatic carbocycles. The summed E-state index contributed by atoms with van der Waals surface area (Å²) >= 11 is 2.01. The SMILES string of the molecule is CNC(C)c1cc(F)c(C)cc1N1CCSC(C)(C)C1. The second-order valence-electron chi connectivity index (χ2n) is 6.20. The number of nitrogens with zero attached hydrogens (tertiary/aromatic N) is 1. The summed E-state index contributed by atoms with van der Waals surface area (Å²) in [6.45, 7) is 10.5. The van der Waals surface area contributed by atoms with Gasteiger partial charge in [-0.25, -0.2) is 4.39 Å². The molecule has 0 spiro atoms. The molecule has 1 fully saturated rings. The van der Waals surface area contributed by atoms with E-state index in [1.54, 1.807) is 6.07 Å². The minimum absolute atomic E-state index is 0.114. The Morgan fingerprint density at radius 3 is 2.70 bits per heavy atom. The lowest BCUT2D eigenvalue weighted by Gasteiger charge is -2.40. The van der Waals surface area contributed by atoms with Crippen LogP contribution in [0.4, 0.5) is 10.1 Å². The Kier molecular flexibility index (Phi) is 4.65. The van der Waals surface area contributed by atoms with Crippen LogP contribution >= 0.6 is 11.8 Å². The van der Waals surface area contributed by atoms with E-state index in [1.165, 1.54) is 5.69 Å². The fourth-order valence-electron chi connectivity index (χ4n) is 2.68. The van der Waals surface area contributed by atoms with Crippen LogP contribution in [0.1, 0.15) is 37.9 Å². The number of halogens is 1. The van der Waals surface area contributed by atoms with E-state index in [0.717, 1.165) is 30.0 Å². The van der Waals surface area contributed by atoms with E-state index >= 15 is 0 Å². The van der Waals surface area contributed by atoms with Crippen LogP contribution in [0.25, 0.3) is 0 Å². The maximum atomic E-state index is 13.9. The van der Waals surface area contributed by atoms with Crippen LogP contribution in [0.3, 0.4) is 0 Å². The predicted molar refractivity (Wildman–Crippen MR) is 87.4 cm³/mol. The second-order valence-corrected chi connectivity index (χ2v) is 8.00. The monoisotopic (exact) mass is 296 g/mol. The van der Waals surface area contributed by atoms with Gasteiger partial charge in [-0.2, -0.15) is 11.8 Å². The summed E-state index contributed by atoms with van der Waals surface area (Å²) in [6, 6.07) is 3.85. The molecule has 1 aliphatic rings. The fraction of sp³-hybridized carbons (Fsp3) is 0.625. The smallest absolute Gasteiger partial charge is 0.126 e. The summed E-state index contributed by atoms with van der Waals surface area (Å²) in [5.41, 5.74) is 2.96. The molecule has 1 saturated heterocycles. The highest BCUT2D eigenvalue weighted by Crippen LogP contribution is 2.36. The average molecular weight is 296 g/mol. The van der Waals surface area contributed by atoms with Crippen molar-refractivity contribution < 1.29 is 4.39 Å². The van der Waals surface area contributed by atoms with Crippen molar-refractivity contribution in [1.29, 1.82) is 0 Å². The van der Waals surface area contributed by atoms with Gasteiger partial charge in [0.2, 0.25) is 0 Å². The van der Waals surface area contributed by atoms with Crippen molar-refractivity contribution in [3.8, 4) is 0 Å². The summed E-state index contributed by atoms with van der Waals surface area (Å²) in [7, 11) is 1.92. The van der Waals surface area contributed by atoms with E-state index in [1.807, 2.05) is 31.8 Å². The Labute approximate surface area is 126 Å². The largest absolute Gasteiger partial charge is 0.369 e. The Morgan fingerprint density at radius 1 is 1.40 bits per heavy atom. The molecule has 1 aliphatic heterocycles. The minimum Gasteiger partial charge on any atom is -0.369 e.